The smallest absolute Gasteiger partial charge is 0.231 e. The fourth-order valence-corrected chi connectivity index (χ4v) is 2.87. The Bertz CT molecular complexity index is 473. The second-order valence-electron chi connectivity index (χ2n) is 6.05. The van der Waals surface area contributed by atoms with E-state index < -0.39 is 11.2 Å². The fourth-order valence-electron chi connectivity index (χ4n) is 2.87. The molecule has 1 aliphatic rings. The summed E-state index contributed by atoms with van der Waals surface area (Å²) in [6, 6.07) is 4.79. The fraction of sp³-hybridized carbons (Fsp3) is 0.562. The Morgan fingerprint density at radius 3 is 2.65 bits per heavy atom. The normalized spacial score (nSPS) is 26.3. The average Bonchev–Trinajstić information content (AvgIpc) is 2.44. The molecular formula is C16H23FN2O. The first-order valence-corrected chi connectivity index (χ1v) is 7.25. The number of halogens is 1. The van der Waals surface area contributed by atoms with Crippen molar-refractivity contribution in [2.45, 2.75) is 39.5 Å². The van der Waals surface area contributed by atoms with E-state index in [-0.39, 0.29) is 11.6 Å². The lowest BCUT2D eigenvalue weighted by molar-refractivity contribution is -0.127. The SMILES string of the molecule is Cc1cccc(F)c1NC(=O)C1(CN)CCC(C)CC1. The molecule has 0 heterocycles. The summed E-state index contributed by atoms with van der Waals surface area (Å²) in [5.74, 6) is 0.104. The van der Waals surface area contributed by atoms with Crippen molar-refractivity contribution in [1.82, 2.24) is 0 Å². The number of anilines is 1. The van der Waals surface area contributed by atoms with Gasteiger partial charge >= 0.3 is 0 Å². The summed E-state index contributed by atoms with van der Waals surface area (Å²) in [4.78, 5) is 12.6. The maximum absolute atomic E-state index is 13.8. The van der Waals surface area contributed by atoms with Crippen LogP contribution in [0, 0.1) is 24.1 Å². The zero-order chi connectivity index (χ0) is 14.8. The molecule has 1 amide bonds. The van der Waals surface area contributed by atoms with Gasteiger partial charge in [-0.3, -0.25) is 4.79 Å². The van der Waals surface area contributed by atoms with Crippen molar-refractivity contribution in [1.29, 1.82) is 0 Å². The predicted molar refractivity (Wildman–Crippen MR) is 78.9 cm³/mol. The highest BCUT2D eigenvalue weighted by molar-refractivity contribution is 5.96. The molecule has 0 aromatic heterocycles. The number of rotatable bonds is 3. The number of nitrogens with one attached hydrogen (secondary N) is 1. The summed E-state index contributed by atoms with van der Waals surface area (Å²) >= 11 is 0. The first-order valence-electron chi connectivity index (χ1n) is 7.25. The minimum Gasteiger partial charge on any atom is -0.329 e. The Hall–Kier alpha value is -1.42. The van der Waals surface area contributed by atoms with Gasteiger partial charge in [0.15, 0.2) is 0 Å². The Morgan fingerprint density at radius 2 is 2.10 bits per heavy atom. The van der Waals surface area contributed by atoms with E-state index in [4.69, 9.17) is 5.73 Å². The maximum Gasteiger partial charge on any atom is 0.231 e. The standard InChI is InChI=1S/C16H23FN2O/c1-11-6-8-16(10-18,9-7-11)15(20)19-14-12(2)4-3-5-13(14)17/h3-5,11H,6-10,18H2,1-2H3,(H,19,20). The molecule has 0 radical (unpaired) electrons. The number of nitrogens with two attached hydrogens (primary N) is 1. The number of benzene rings is 1. The molecule has 1 aromatic rings. The van der Waals surface area contributed by atoms with Crippen LogP contribution in [-0.4, -0.2) is 12.5 Å². The molecule has 3 N–H and O–H groups in total. The Morgan fingerprint density at radius 1 is 1.45 bits per heavy atom. The lowest BCUT2D eigenvalue weighted by Gasteiger charge is -2.37. The number of aryl methyl sites for hydroxylation is 1. The van der Waals surface area contributed by atoms with Crippen LogP contribution in [0.4, 0.5) is 10.1 Å². The quantitative estimate of drug-likeness (QED) is 0.892. The van der Waals surface area contributed by atoms with Crippen LogP contribution < -0.4 is 11.1 Å². The van der Waals surface area contributed by atoms with Crippen LogP contribution in [0.5, 0.6) is 0 Å². The van der Waals surface area contributed by atoms with Crippen LogP contribution in [0.3, 0.4) is 0 Å². The molecule has 0 aliphatic heterocycles. The third-order valence-corrected chi connectivity index (χ3v) is 4.56. The number of para-hydroxylation sites is 1. The van der Waals surface area contributed by atoms with E-state index in [0.717, 1.165) is 31.2 Å². The highest BCUT2D eigenvalue weighted by Gasteiger charge is 2.40. The lowest BCUT2D eigenvalue weighted by atomic mass is 9.70. The van der Waals surface area contributed by atoms with Crippen molar-refractivity contribution in [2.75, 3.05) is 11.9 Å². The van der Waals surface area contributed by atoms with E-state index in [0.29, 0.717) is 12.5 Å². The molecule has 4 heteroatoms. The molecule has 2 rings (SSSR count). The maximum atomic E-state index is 13.8. The van der Waals surface area contributed by atoms with Crippen LogP contribution >= 0.6 is 0 Å². The van der Waals surface area contributed by atoms with Gasteiger partial charge in [0.25, 0.3) is 0 Å². The van der Waals surface area contributed by atoms with Crippen molar-refractivity contribution < 1.29 is 9.18 Å². The second kappa shape index (κ2) is 5.92. The van der Waals surface area contributed by atoms with Gasteiger partial charge in [0.2, 0.25) is 5.91 Å². The highest BCUT2D eigenvalue weighted by atomic mass is 19.1. The van der Waals surface area contributed by atoms with Gasteiger partial charge in [-0.15, -0.1) is 0 Å². The molecule has 0 unspecified atom stereocenters. The molecule has 0 bridgehead atoms. The van der Waals surface area contributed by atoms with Gasteiger partial charge in [-0.25, -0.2) is 4.39 Å². The largest absolute Gasteiger partial charge is 0.329 e. The van der Waals surface area contributed by atoms with Crippen LogP contribution in [0.15, 0.2) is 18.2 Å². The molecule has 0 atom stereocenters. The van der Waals surface area contributed by atoms with Gasteiger partial charge in [0.05, 0.1) is 11.1 Å². The van der Waals surface area contributed by atoms with Crippen molar-refractivity contribution in [3.05, 3.63) is 29.6 Å². The van der Waals surface area contributed by atoms with Gasteiger partial charge in [0.1, 0.15) is 5.82 Å². The van der Waals surface area contributed by atoms with Gasteiger partial charge in [-0.05, 0) is 50.2 Å². The zero-order valence-electron chi connectivity index (χ0n) is 12.2. The molecule has 3 nitrogen and oxygen atoms in total. The molecule has 0 spiro atoms. The topological polar surface area (TPSA) is 55.1 Å². The summed E-state index contributed by atoms with van der Waals surface area (Å²) in [7, 11) is 0. The van der Waals surface area contributed by atoms with Gasteiger partial charge in [-0.2, -0.15) is 0 Å². The van der Waals surface area contributed by atoms with E-state index in [9.17, 15) is 9.18 Å². The Balaban J connectivity index is 2.18. The number of amides is 1. The Labute approximate surface area is 119 Å². The first kappa shape index (κ1) is 15.0. The average molecular weight is 278 g/mol. The van der Waals surface area contributed by atoms with Crippen molar-refractivity contribution in [2.24, 2.45) is 17.1 Å². The summed E-state index contributed by atoms with van der Waals surface area (Å²) in [6.07, 6.45) is 3.57. The first-order chi connectivity index (χ1) is 9.48. The summed E-state index contributed by atoms with van der Waals surface area (Å²) in [6.45, 7) is 4.30. The number of hydrogen-bond donors (Lipinski definition) is 2. The van der Waals surface area contributed by atoms with Crippen molar-refractivity contribution in [3.63, 3.8) is 0 Å². The van der Waals surface area contributed by atoms with E-state index in [1.54, 1.807) is 19.1 Å². The van der Waals surface area contributed by atoms with Gasteiger partial charge in [-0.1, -0.05) is 19.1 Å². The summed E-state index contributed by atoms with van der Waals surface area (Å²) in [5, 5.41) is 2.76. The number of carbonyl (C=O) groups is 1. The monoisotopic (exact) mass is 278 g/mol. The summed E-state index contributed by atoms with van der Waals surface area (Å²) in [5.41, 5.74) is 6.33. The molecule has 1 saturated carbocycles. The molecule has 110 valence electrons. The predicted octanol–water partition coefficient (Wildman–Crippen LogP) is 3.23. The van der Waals surface area contributed by atoms with E-state index in [2.05, 4.69) is 12.2 Å². The van der Waals surface area contributed by atoms with Crippen LogP contribution in [-0.2, 0) is 4.79 Å². The molecule has 1 fully saturated rings. The van der Waals surface area contributed by atoms with Crippen molar-refractivity contribution >= 4 is 11.6 Å². The third-order valence-electron chi connectivity index (χ3n) is 4.56. The third kappa shape index (κ3) is 2.85. The van der Waals surface area contributed by atoms with E-state index >= 15 is 0 Å². The number of carbonyl (C=O) groups excluding carboxylic acids is 1. The minimum absolute atomic E-state index is 0.139. The zero-order valence-corrected chi connectivity index (χ0v) is 12.2. The van der Waals surface area contributed by atoms with Crippen LogP contribution in [0.1, 0.15) is 38.2 Å². The molecule has 0 saturated heterocycles. The van der Waals surface area contributed by atoms with E-state index in [1.807, 2.05) is 0 Å². The van der Waals surface area contributed by atoms with Crippen LogP contribution in [0.2, 0.25) is 0 Å². The Kier molecular flexibility index (Phi) is 4.43. The van der Waals surface area contributed by atoms with Gasteiger partial charge < -0.3 is 11.1 Å². The van der Waals surface area contributed by atoms with Crippen molar-refractivity contribution in [3.8, 4) is 0 Å². The number of hydrogen-bond acceptors (Lipinski definition) is 2. The molecule has 1 aliphatic carbocycles. The molecule has 1 aromatic carbocycles. The minimum atomic E-state index is -0.540. The van der Waals surface area contributed by atoms with E-state index in [1.165, 1.54) is 6.07 Å². The van der Waals surface area contributed by atoms with Gasteiger partial charge in [0, 0.05) is 6.54 Å². The highest BCUT2D eigenvalue weighted by Crippen LogP contribution is 2.39. The molecule has 20 heavy (non-hydrogen) atoms. The molecular weight excluding hydrogens is 255 g/mol. The second-order valence-corrected chi connectivity index (χ2v) is 6.05. The lowest BCUT2D eigenvalue weighted by Crippen LogP contribution is -2.45. The summed E-state index contributed by atoms with van der Waals surface area (Å²) < 4.78 is 13.8. The van der Waals surface area contributed by atoms with Crippen LogP contribution in [0.25, 0.3) is 0 Å².